The van der Waals surface area contributed by atoms with E-state index in [1.807, 2.05) is 32.0 Å². The van der Waals surface area contributed by atoms with Crippen LogP contribution in [0.2, 0.25) is 0 Å². The fraction of sp³-hybridized carbons (Fsp3) is 0.296. The summed E-state index contributed by atoms with van der Waals surface area (Å²) in [4.78, 5) is 42.2. The van der Waals surface area contributed by atoms with Crippen molar-refractivity contribution < 1.29 is 27.5 Å². The van der Waals surface area contributed by atoms with Crippen LogP contribution in [0.4, 0.5) is 0 Å². The number of amides is 3. The Morgan fingerprint density at radius 2 is 1.58 bits per heavy atom. The smallest absolute Gasteiger partial charge is 0.262 e. The third-order valence-electron chi connectivity index (χ3n) is 6.28. The lowest BCUT2D eigenvalue weighted by Crippen LogP contribution is -2.58. The molecule has 200 valence electrons. The molecule has 38 heavy (non-hydrogen) atoms. The van der Waals surface area contributed by atoms with Crippen LogP contribution in [0.25, 0.3) is 0 Å². The van der Waals surface area contributed by atoms with Gasteiger partial charge < -0.3 is 19.9 Å². The number of piperazine rings is 1. The van der Waals surface area contributed by atoms with Gasteiger partial charge >= 0.3 is 0 Å². The van der Waals surface area contributed by atoms with E-state index in [0.29, 0.717) is 10.6 Å². The Hall–Kier alpha value is -3.70. The van der Waals surface area contributed by atoms with Gasteiger partial charge in [-0.2, -0.15) is 0 Å². The number of hydrogen-bond acceptors (Lipinski definition) is 7. The van der Waals surface area contributed by atoms with E-state index in [1.54, 1.807) is 40.6 Å². The van der Waals surface area contributed by atoms with Crippen molar-refractivity contribution in [3.8, 4) is 5.75 Å². The molecular formula is C27H29N3O6S2. The summed E-state index contributed by atoms with van der Waals surface area (Å²) in [6, 6.07) is 16.7. The minimum Gasteiger partial charge on any atom is -0.484 e. The molecule has 0 radical (unpaired) electrons. The molecule has 1 aliphatic heterocycles. The molecule has 1 saturated heterocycles. The van der Waals surface area contributed by atoms with Crippen molar-refractivity contribution in [2.75, 3.05) is 32.8 Å². The van der Waals surface area contributed by atoms with Crippen LogP contribution in [-0.4, -0.2) is 74.1 Å². The van der Waals surface area contributed by atoms with Crippen molar-refractivity contribution in [1.82, 2.24) is 15.1 Å². The molecule has 3 amide bonds. The van der Waals surface area contributed by atoms with E-state index < -0.39 is 27.0 Å². The summed E-state index contributed by atoms with van der Waals surface area (Å²) < 4.78 is 32.7. The fourth-order valence-corrected chi connectivity index (χ4v) is 6.12. The van der Waals surface area contributed by atoms with E-state index in [0.717, 1.165) is 22.5 Å². The van der Waals surface area contributed by atoms with Crippen molar-refractivity contribution in [3.05, 3.63) is 82.0 Å². The van der Waals surface area contributed by atoms with Gasteiger partial charge in [-0.25, -0.2) is 8.42 Å². The number of nitrogens with zero attached hydrogens (tertiary/aromatic N) is 2. The Morgan fingerprint density at radius 1 is 0.921 bits per heavy atom. The molecule has 0 bridgehead atoms. The largest absolute Gasteiger partial charge is 0.484 e. The average molecular weight is 556 g/mol. The number of benzene rings is 2. The molecule has 1 unspecified atom stereocenters. The summed E-state index contributed by atoms with van der Waals surface area (Å²) in [5.74, 6) is -0.981. The molecule has 1 N–H and O–H groups in total. The number of thiophene rings is 1. The minimum atomic E-state index is -4.24. The maximum atomic E-state index is 13.5. The van der Waals surface area contributed by atoms with E-state index in [4.69, 9.17) is 4.74 Å². The maximum absolute atomic E-state index is 13.5. The predicted molar refractivity (Wildman–Crippen MR) is 144 cm³/mol. The van der Waals surface area contributed by atoms with Gasteiger partial charge in [0.25, 0.3) is 17.7 Å². The first-order valence-electron chi connectivity index (χ1n) is 12.1. The Labute approximate surface area is 225 Å². The highest BCUT2D eigenvalue weighted by molar-refractivity contribution is 7.92. The van der Waals surface area contributed by atoms with Crippen molar-refractivity contribution in [2.24, 2.45) is 0 Å². The SMILES string of the molecule is Cc1ccc(S(=O)(=O)C(NC(=O)c2cccs2)C(=O)N2CCN(C(=O)COc3ccccc3C)CC2)cc1. The number of para-hydroxylation sites is 1. The summed E-state index contributed by atoms with van der Waals surface area (Å²) >= 11 is 1.15. The third kappa shape index (κ3) is 6.22. The Morgan fingerprint density at radius 3 is 2.21 bits per heavy atom. The number of rotatable bonds is 8. The molecule has 1 aliphatic rings. The monoisotopic (exact) mass is 555 g/mol. The van der Waals surface area contributed by atoms with Crippen molar-refractivity contribution in [1.29, 1.82) is 0 Å². The van der Waals surface area contributed by atoms with Crippen LogP contribution in [0.3, 0.4) is 0 Å². The van der Waals surface area contributed by atoms with Crippen molar-refractivity contribution >= 4 is 38.9 Å². The number of nitrogens with one attached hydrogen (secondary N) is 1. The highest BCUT2D eigenvalue weighted by Gasteiger charge is 2.39. The number of carbonyl (C=O) groups excluding carboxylic acids is 3. The number of carbonyl (C=O) groups is 3. The van der Waals surface area contributed by atoms with Gasteiger partial charge in [0.05, 0.1) is 9.77 Å². The van der Waals surface area contributed by atoms with Gasteiger partial charge in [0.15, 0.2) is 6.61 Å². The number of sulfone groups is 1. The molecular weight excluding hydrogens is 526 g/mol. The van der Waals surface area contributed by atoms with Crippen LogP contribution < -0.4 is 10.1 Å². The predicted octanol–water partition coefficient (Wildman–Crippen LogP) is 2.64. The molecule has 1 atom stereocenters. The summed E-state index contributed by atoms with van der Waals surface area (Å²) in [5.41, 5.74) is 1.78. The molecule has 2 heterocycles. The van der Waals surface area contributed by atoms with Crippen LogP contribution in [0.15, 0.2) is 70.9 Å². The quantitative estimate of drug-likeness (QED) is 0.457. The minimum absolute atomic E-state index is 0.0601. The highest BCUT2D eigenvalue weighted by atomic mass is 32.2. The second-order valence-electron chi connectivity index (χ2n) is 8.95. The first-order valence-corrected chi connectivity index (χ1v) is 14.5. The standard InChI is InChI=1S/C27H29N3O6S2/c1-19-9-11-21(12-10-19)38(34,35)26(28-25(32)23-8-5-17-37-23)27(33)30-15-13-29(14-16-30)24(31)18-36-22-7-4-3-6-20(22)2/h3-12,17,26H,13-16,18H2,1-2H3,(H,28,32). The molecule has 9 nitrogen and oxygen atoms in total. The number of ether oxygens (including phenoxy) is 1. The van der Waals surface area contributed by atoms with Crippen LogP contribution in [-0.2, 0) is 19.4 Å². The second-order valence-corrected chi connectivity index (χ2v) is 11.9. The van der Waals surface area contributed by atoms with Crippen LogP contribution in [0.1, 0.15) is 20.8 Å². The van der Waals surface area contributed by atoms with Gasteiger partial charge in [-0.1, -0.05) is 42.0 Å². The molecule has 4 rings (SSSR count). The summed E-state index contributed by atoms with van der Waals surface area (Å²) in [6.45, 7) is 4.27. The summed E-state index contributed by atoms with van der Waals surface area (Å²) in [7, 11) is -4.24. The fourth-order valence-electron chi connectivity index (χ4n) is 4.03. The van der Waals surface area contributed by atoms with Gasteiger partial charge in [0, 0.05) is 26.2 Å². The van der Waals surface area contributed by atoms with Crippen LogP contribution >= 0.6 is 11.3 Å². The maximum Gasteiger partial charge on any atom is 0.262 e. The van der Waals surface area contributed by atoms with E-state index in [-0.39, 0.29) is 43.6 Å². The van der Waals surface area contributed by atoms with Gasteiger partial charge in [0.1, 0.15) is 5.75 Å². The van der Waals surface area contributed by atoms with E-state index in [1.165, 1.54) is 17.0 Å². The van der Waals surface area contributed by atoms with Crippen LogP contribution in [0.5, 0.6) is 5.75 Å². The normalized spacial score (nSPS) is 14.6. The zero-order valence-corrected chi connectivity index (χ0v) is 22.8. The molecule has 1 fully saturated rings. The topological polar surface area (TPSA) is 113 Å². The second kappa shape index (κ2) is 11.8. The zero-order chi connectivity index (χ0) is 27.3. The number of aryl methyl sites for hydroxylation is 2. The van der Waals surface area contributed by atoms with Gasteiger partial charge in [-0.05, 0) is 49.1 Å². The van der Waals surface area contributed by atoms with Crippen molar-refractivity contribution in [3.63, 3.8) is 0 Å². The third-order valence-corrected chi connectivity index (χ3v) is 9.02. The lowest BCUT2D eigenvalue weighted by molar-refractivity contribution is -0.140. The van der Waals surface area contributed by atoms with Gasteiger partial charge in [0.2, 0.25) is 15.2 Å². The van der Waals surface area contributed by atoms with E-state index in [2.05, 4.69) is 5.32 Å². The number of hydrogen-bond donors (Lipinski definition) is 1. The summed E-state index contributed by atoms with van der Waals surface area (Å²) in [5, 5.41) is 2.33. The van der Waals surface area contributed by atoms with E-state index in [9.17, 15) is 22.8 Å². The molecule has 2 aromatic carbocycles. The first kappa shape index (κ1) is 27.3. The zero-order valence-electron chi connectivity index (χ0n) is 21.1. The Kier molecular flexibility index (Phi) is 8.48. The Bertz CT molecular complexity index is 1400. The van der Waals surface area contributed by atoms with E-state index >= 15 is 0 Å². The van der Waals surface area contributed by atoms with Gasteiger partial charge in [-0.15, -0.1) is 11.3 Å². The summed E-state index contributed by atoms with van der Waals surface area (Å²) in [6.07, 6.45) is 0. The Balaban J connectivity index is 1.45. The molecule has 11 heteroatoms. The van der Waals surface area contributed by atoms with Crippen molar-refractivity contribution in [2.45, 2.75) is 24.1 Å². The molecule has 1 aromatic heterocycles. The molecule has 3 aromatic rings. The molecule has 0 aliphatic carbocycles. The lowest BCUT2D eigenvalue weighted by Gasteiger charge is -2.36. The molecule has 0 saturated carbocycles. The van der Waals surface area contributed by atoms with Crippen LogP contribution in [0, 0.1) is 13.8 Å². The highest BCUT2D eigenvalue weighted by Crippen LogP contribution is 2.20. The first-order chi connectivity index (χ1) is 18.2. The van der Waals surface area contributed by atoms with Gasteiger partial charge in [-0.3, -0.25) is 14.4 Å². The molecule has 0 spiro atoms. The average Bonchev–Trinajstić information content (AvgIpc) is 3.46. The lowest BCUT2D eigenvalue weighted by atomic mass is 10.2.